The molecule has 13 nitrogen and oxygen atoms in total. The molecule has 1 aliphatic heterocycles. The fraction of sp³-hybridized carbons (Fsp3) is 0.730. The Morgan fingerprint density at radius 3 is 2.20 bits per heavy atom. The van der Waals surface area contributed by atoms with E-state index in [4.69, 9.17) is 15.2 Å². The highest BCUT2D eigenvalue weighted by Gasteiger charge is 2.43. The fourth-order valence-corrected chi connectivity index (χ4v) is 6.95. The topological polar surface area (TPSA) is 184 Å². The van der Waals surface area contributed by atoms with E-state index in [9.17, 15) is 29.4 Å². The van der Waals surface area contributed by atoms with Gasteiger partial charge in [-0.3, -0.25) is 19.2 Å². The van der Waals surface area contributed by atoms with Crippen LogP contribution in [0, 0.1) is 17.8 Å². The molecular formula is C37H63N5O8. The number of carbonyl (C=O) groups is 4. The Hall–Kier alpha value is -3.10. The number of likely N-dealkylation sites (N-methyl/N-ethyl adjacent to an activating group) is 1. The van der Waals surface area contributed by atoms with Crippen LogP contribution in [-0.2, 0) is 28.7 Å². The molecule has 1 heterocycles. The summed E-state index contributed by atoms with van der Waals surface area (Å²) in [4.78, 5) is 57.4. The molecule has 0 radical (unpaired) electrons. The second kappa shape index (κ2) is 20.7. The minimum absolute atomic E-state index is 0.000990. The molecule has 1 saturated heterocycles. The average Bonchev–Trinajstić information content (AvgIpc) is 3.59. The van der Waals surface area contributed by atoms with Crippen molar-refractivity contribution in [2.24, 2.45) is 23.5 Å². The van der Waals surface area contributed by atoms with Gasteiger partial charge in [0.15, 0.2) is 0 Å². The lowest BCUT2D eigenvalue weighted by Gasteiger charge is -2.41. The van der Waals surface area contributed by atoms with Gasteiger partial charge in [0, 0.05) is 40.3 Å². The maximum Gasteiger partial charge on any atom is 0.245 e. The molecule has 1 aromatic carbocycles. The van der Waals surface area contributed by atoms with E-state index in [1.54, 1.807) is 42.8 Å². The molecule has 0 saturated carbocycles. The van der Waals surface area contributed by atoms with E-state index in [1.807, 2.05) is 45.9 Å². The van der Waals surface area contributed by atoms with Gasteiger partial charge >= 0.3 is 0 Å². The third kappa shape index (κ3) is 11.5. The van der Waals surface area contributed by atoms with Crippen molar-refractivity contribution in [3.63, 3.8) is 0 Å². The van der Waals surface area contributed by atoms with Crippen molar-refractivity contribution in [1.29, 1.82) is 0 Å². The first-order valence-electron chi connectivity index (χ1n) is 17.9. The molecule has 0 aliphatic carbocycles. The smallest absolute Gasteiger partial charge is 0.245 e. The highest BCUT2D eigenvalue weighted by molar-refractivity contribution is 5.88. The van der Waals surface area contributed by atoms with Crippen molar-refractivity contribution in [1.82, 2.24) is 20.4 Å². The second-order valence-corrected chi connectivity index (χ2v) is 14.2. The maximum absolute atomic E-state index is 14.1. The third-order valence-electron chi connectivity index (χ3n) is 10.2. The monoisotopic (exact) mass is 705 g/mol. The van der Waals surface area contributed by atoms with Crippen molar-refractivity contribution < 1.29 is 38.9 Å². The number of nitrogens with two attached hydrogens (primary N) is 1. The molecule has 0 spiro atoms. The standard InChI is InChI=1S/C37H63N5O8/c1-10-23(4)33(41(7)37(48)32(22(2)3)40-30(44)19-27(38)21-43)29(49-8)20-31(45)42-18-14-17-28(42)35(50-9)24(5)36(47)39-25(6)34(46)26-15-12-11-13-16-26/h11-13,15-16,22-25,27-29,32-35,43,46H,10,14,17-21,38H2,1-9H3,(H,39,47)(H,40,44)/t23-,24+,25+,27+,28-,29+,32-,33-,34+,35+/m0/s1. The van der Waals surface area contributed by atoms with Crippen molar-refractivity contribution >= 4 is 23.6 Å². The zero-order chi connectivity index (χ0) is 37.7. The van der Waals surface area contributed by atoms with Crippen LogP contribution in [0.2, 0.25) is 0 Å². The van der Waals surface area contributed by atoms with E-state index in [0.29, 0.717) is 24.9 Å². The summed E-state index contributed by atoms with van der Waals surface area (Å²) >= 11 is 0. The van der Waals surface area contributed by atoms with E-state index >= 15 is 0 Å². The van der Waals surface area contributed by atoms with E-state index in [1.165, 1.54) is 14.2 Å². The number of aliphatic hydroxyl groups excluding tert-OH is 2. The van der Waals surface area contributed by atoms with Crippen molar-refractivity contribution in [2.45, 2.75) is 122 Å². The fourth-order valence-electron chi connectivity index (χ4n) is 6.95. The summed E-state index contributed by atoms with van der Waals surface area (Å²) in [5, 5.41) is 25.8. The van der Waals surface area contributed by atoms with Gasteiger partial charge in [-0.15, -0.1) is 0 Å². The molecule has 1 aliphatic rings. The number of ether oxygens (including phenoxy) is 2. The van der Waals surface area contributed by atoms with Gasteiger partial charge < -0.3 is 45.9 Å². The van der Waals surface area contributed by atoms with Crippen molar-refractivity contribution in [3.8, 4) is 0 Å². The van der Waals surface area contributed by atoms with Crippen LogP contribution >= 0.6 is 0 Å². The van der Waals surface area contributed by atoms with E-state index in [2.05, 4.69) is 10.6 Å². The molecular weight excluding hydrogens is 642 g/mol. The minimum Gasteiger partial charge on any atom is -0.395 e. The Morgan fingerprint density at radius 2 is 1.66 bits per heavy atom. The van der Waals surface area contributed by atoms with Crippen molar-refractivity contribution in [2.75, 3.05) is 34.4 Å². The Labute approximate surface area is 298 Å². The first-order valence-corrected chi connectivity index (χ1v) is 17.9. The SMILES string of the molecule is CC[C@H](C)[C@@H]([C@@H](CC(=O)N1CCC[C@H]1[C@H](OC)[C@@H](C)C(=O)N[C@H](C)[C@@H](O)c1ccccc1)OC)N(C)C(=O)[C@@H](NC(=O)C[C@@H](N)CO)C(C)C. The van der Waals surface area contributed by atoms with Crippen LogP contribution in [-0.4, -0.2) is 120 Å². The molecule has 50 heavy (non-hydrogen) atoms. The Bertz CT molecular complexity index is 1220. The third-order valence-corrected chi connectivity index (χ3v) is 10.2. The van der Waals surface area contributed by atoms with Gasteiger partial charge in [0.1, 0.15) is 6.04 Å². The van der Waals surface area contributed by atoms with E-state index in [0.717, 1.165) is 6.42 Å². The molecule has 284 valence electrons. The van der Waals surface area contributed by atoms with Crippen LogP contribution in [0.15, 0.2) is 30.3 Å². The number of likely N-dealkylation sites (tertiary alicyclic amines) is 1. The van der Waals surface area contributed by atoms with Gasteiger partial charge in [0.25, 0.3) is 0 Å². The summed E-state index contributed by atoms with van der Waals surface area (Å²) in [7, 11) is 4.74. The predicted molar refractivity (Wildman–Crippen MR) is 192 cm³/mol. The summed E-state index contributed by atoms with van der Waals surface area (Å²) < 4.78 is 11.8. The van der Waals surface area contributed by atoms with Crippen molar-refractivity contribution in [3.05, 3.63) is 35.9 Å². The largest absolute Gasteiger partial charge is 0.395 e. The van der Waals surface area contributed by atoms with Crippen LogP contribution in [0.5, 0.6) is 0 Å². The van der Waals surface area contributed by atoms with Crippen LogP contribution in [0.1, 0.15) is 85.3 Å². The molecule has 0 aromatic heterocycles. The number of methoxy groups -OCH3 is 2. The number of aliphatic hydroxyl groups is 2. The number of carbonyl (C=O) groups excluding carboxylic acids is 4. The first-order chi connectivity index (χ1) is 23.6. The molecule has 0 unspecified atom stereocenters. The Morgan fingerprint density at radius 1 is 1.02 bits per heavy atom. The first kappa shape index (κ1) is 43.1. The van der Waals surface area contributed by atoms with Gasteiger partial charge in [0.2, 0.25) is 23.6 Å². The number of hydrogen-bond donors (Lipinski definition) is 5. The number of amides is 4. The van der Waals surface area contributed by atoms with Crippen LogP contribution in [0.25, 0.3) is 0 Å². The number of nitrogens with zero attached hydrogens (tertiary/aromatic N) is 2. The highest BCUT2D eigenvalue weighted by Crippen LogP contribution is 2.30. The normalized spacial score (nSPS) is 20.2. The van der Waals surface area contributed by atoms with Crippen LogP contribution in [0.4, 0.5) is 0 Å². The second-order valence-electron chi connectivity index (χ2n) is 14.2. The van der Waals surface area contributed by atoms with Gasteiger partial charge in [0.05, 0.1) is 55.4 Å². The molecule has 2 rings (SSSR count). The van der Waals surface area contributed by atoms with Gasteiger partial charge in [-0.1, -0.05) is 71.4 Å². The van der Waals surface area contributed by atoms with Gasteiger partial charge in [-0.2, -0.15) is 0 Å². The zero-order valence-electron chi connectivity index (χ0n) is 31.5. The predicted octanol–water partition coefficient (Wildman–Crippen LogP) is 2.00. The lowest BCUT2D eigenvalue weighted by molar-refractivity contribution is -0.147. The molecule has 10 atom stereocenters. The number of nitrogens with one attached hydrogen (secondary N) is 2. The summed E-state index contributed by atoms with van der Waals surface area (Å²) in [6.45, 7) is 11.4. The van der Waals surface area contributed by atoms with Crippen LogP contribution < -0.4 is 16.4 Å². The van der Waals surface area contributed by atoms with Gasteiger partial charge in [-0.05, 0) is 37.2 Å². The number of benzene rings is 1. The zero-order valence-corrected chi connectivity index (χ0v) is 31.5. The molecule has 6 N–H and O–H groups in total. The summed E-state index contributed by atoms with van der Waals surface area (Å²) in [6, 6.07) is 6.18. The lowest BCUT2D eigenvalue weighted by atomic mass is 9.89. The number of hydrogen-bond acceptors (Lipinski definition) is 9. The summed E-state index contributed by atoms with van der Waals surface area (Å²) in [5.41, 5.74) is 6.45. The Kier molecular flexibility index (Phi) is 17.8. The molecule has 13 heteroatoms. The molecule has 1 fully saturated rings. The average molecular weight is 706 g/mol. The maximum atomic E-state index is 14.1. The van der Waals surface area contributed by atoms with Crippen LogP contribution in [0.3, 0.4) is 0 Å². The van der Waals surface area contributed by atoms with Gasteiger partial charge in [-0.25, -0.2) is 0 Å². The summed E-state index contributed by atoms with van der Waals surface area (Å²) in [5.74, 6) is -2.09. The molecule has 0 bridgehead atoms. The van der Waals surface area contributed by atoms with E-state index in [-0.39, 0.29) is 55.0 Å². The lowest BCUT2D eigenvalue weighted by Crippen LogP contribution is -2.58. The molecule has 1 aromatic rings. The van der Waals surface area contributed by atoms with E-state index < -0.39 is 54.3 Å². The Balaban J connectivity index is 2.21. The highest BCUT2D eigenvalue weighted by atomic mass is 16.5. The minimum atomic E-state index is -0.885. The number of rotatable bonds is 20. The summed E-state index contributed by atoms with van der Waals surface area (Å²) in [6.07, 6.45) is -0.130. The quantitative estimate of drug-likeness (QED) is 0.135. The molecule has 4 amide bonds.